The van der Waals surface area contributed by atoms with Crippen LogP contribution in [0.4, 0.5) is 52.7 Å². The zero-order valence-corrected chi connectivity index (χ0v) is 18.4. The van der Waals surface area contributed by atoms with Crippen LogP contribution in [0.2, 0.25) is 0 Å². The molecule has 0 radical (unpaired) electrons. The number of para-hydroxylation sites is 2. The molecule has 2 aliphatic rings. The third kappa shape index (κ3) is 4.64. The van der Waals surface area contributed by atoms with E-state index in [4.69, 9.17) is 20.9 Å². The Morgan fingerprint density at radius 1 is 0.553 bits per heavy atom. The summed E-state index contributed by atoms with van der Waals surface area (Å²) in [5, 5.41) is 0. The highest BCUT2D eigenvalue weighted by Crippen LogP contribution is 2.58. The standard InChI is InChI=1S/C22H16F12N2O2/c23-19(24,25)17(20(26,27)28)9-11(35)5-7-15(17)37-13-3-1-2-4-14(13)38-16-8-6-12(36)10-18(16,21(29,30)31)22(32,33)34/h1-10,15-16H,35-36H2. The zero-order valence-electron chi connectivity index (χ0n) is 18.4. The molecule has 0 heterocycles. The maximum Gasteiger partial charge on any atom is 0.410 e. The molecule has 4 N–H and O–H groups in total. The molecule has 0 bridgehead atoms. The van der Waals surface area contributed by atoms with Gasteiger partial charge in [0.05, 0.1) is 0 Å². The first-order valence-corrected chi connectivity index (χ1v) is 10.2. The van der Waals surface area contributed by atoms with E-state index in [1.54, 1.807) is 0 Å². The first-order valence-electron chi connectivity index (χ1n) is 10.2. The molecule has 0 saturated carbocycles. The van der Waals surface area contributed by atoms with E-state index in [-0.39, 0.29) is 12.2 Å². The maximum absolute atomic E-state index is 13.8. The highest BCUT2D eigenvalue weighted by Gasteiger charge is 2.75. The summed E-state index contributed by atoms with van der Waals surface area (Å²) in [6.07, 6.45) is -28.7. The zero-order chi connectivity index (χ0) is 28.9. The van der Waals surface area contributed by atoms with Crippen molar-refractivity contribution < 1.29 is 62.2 Å². The van der Waals surface area contributed by atoms with Gasteiger partial charge in [0.1, 0.15) is 12.2 Å². The molecule has 0 amide bonds. The van der Waals surface area contributed by atoms with Crippen LogP contribution in [-0.2, 0) is 0 Å². The van der Waals surface area contributed by atoms with Crippen molar-refractivity contribution in [3.8, 4) is 11.5 Å². The van der Waals surface area contributed by atoms with Gasteiger partial charge in [0.15, 0.2) is 11.5 Å². The van der Waals surface area contributed by atoms with Crippen molar-refractivity contribution >= 4 is 0 Å². The van der Waals surface area contributed by atoms with Crippen molar-refractivity contribution in [1.82, 2.24) is 0 Å². The van der Waals surface area contributed by atoms with Gasteiger partial charge in [0, 0.05) is 11.4 Å². The van der Waals surface area contributed by atoms with Gasteiger partial charge in [0.25, 0.3) is 0 Å². The fourth-order valence-electron chi connectivity index (χ4n) is 3.96. The Morgan fingerprint density at radius 3 is 1.11 bits per heavy atom. The lowest BCUT2D eigenvalue weighted by molar-refractivity contribution is -0.340. The first kappa shape index (κ1) is 29.1. The number of hydrogen-bond acceptors (Lipinski definition) is 4. The summed E-state index contributed by atoms with van der Waals surface area (Å²) in [5.74, 6) is -2.02. The predicted octanol–water partition coefficient (Wildman–Crippen LogP) is 6.23. The average Bonchev–Trinajstić information content (AvgIpc) is 2.74. The summed E-state index contributed by atoms with van der Waals surface area (Å²) >= 11 is 0. The van der Waals surface area contributed by atoms with Gasteiger partial charge in [-0.1, -0.05) is 12.1 Å². The van der Waals surface area contributed by atoms with Crippen molar-refractivity contribution in [3.05, 3.63) is 72.1 Å². The minimum atomic E-state index is -6.04. The lowest BCUT2D eigenvalue weighted by Crippen LogP contribution is -2.59. The normalized spacial score (nSPS) is 23.5. The van der Waals surface area contributed by atoms with E-state index in [9.17, 15) is 52.7 Å². The number of allylic oxidation sites excluding steroid dienone is 2. The molecule has 0 fully saturated rings. The van der Waals surface area contributed by atoms with E-state index >= 15 is 0 Å². The SMILES string of the molecule is NC1=CC(C(F)(F)F)(C(F)(F)F)C(Oc2ccccc2OC2C=CC(N)=CC2(C(F)(F)F)C(F)(F)F)C=C1. The predicted molar refractivity (Wildman–Crippen MR) is 107 cm³/mol. The summed E-state index contributed by atoms with van der Waals surface area (Å²) in [6.45, 7) is 0. The topological polar surface area (TPSA) is 70.5 Å². The van der Waals surface area contributed by atoms with Crippen LogP contribution in [0.5, 0.6) is 11.5 Å². The van der Waals surface area contributed by atoms with Crippen LogP contribution in [0.15, 0.2) is 72.1 Å². The minimum absolute atomic E-state index is 0.312. The van der Waals surface area contributed by atoms with Gasteiger partial charge in [-0.25, -0.2) is 0 Å². The van der Waals surface area contributed by atoms with E-state index in [1.807, 2.05) is 0 Å². The second-order valence-electron chi connectivity index (χ2n) is 8.26. The first-order chi connectivity index (χ1) is 17.2. The monoisotopic (exact) mass is 568 g/mol. The van der Waals surface area contributed by atoms with E-state index < -0.39 is 70.6 Å². The molecule has 0 aliphatic heterocycles. The van der Waals surface area contributed by atoms with Crippen molar-refractivity contribution in [2.24, 2.45) is 22.3 Å². The molecule has 1 aromatic carbocycles. The van der Waals surface area contributed by atoms with Crippen molar-refractivity contribution in [3.63, 3.8) is 0 Å². The highest BCUT2D eigenvalue weighted by molar-refractivity contribution is 5.43. The Bertz CT molecular complexity index is 1050. The Labute approximate surface area is 205 Å². The molecule has 16 heteroatoms. The summed E-state index contributed by atoms with van der Waals surface area (Å²) in [7, 11) is 0. The average molecular weight is 568 g/mol. The van der Waals surface area contributed by atoms with E-state index in [0.29, 0.717) is 36.4 Å². The van der Waals surface area contributed by atoms with Crippen LogP contribution in [-0.4, -0.2) is 36.9 Å². The third-order valence-electron chi connectivity index (χ3n) is 5.85. The summed E-state index contributed by atoms with van der Waals surface area (Å²) < 4.78 is 176. The van der Waals surface area contributed by atoms with Gasteiger partial charge in [-0.15, -0.1) is 0 Å². The van der Waals surface area contributed by atoms with Crippen LogP contribution in [0.1, 0.15) is 0 Å². The fourth-order valence-corrected chi connectivity index (χ4v) is 3.96. The minimum Gasteiger partial charge on any atom is -0.481 e. The smallest absolute Gasteiger partial charge is 0.410 e. The summed E-state index contributed by atoms with van der Waals surface area (Å²) in [6, 6.07) is 3.41. The third-order valence-corrected chi connectivity index (χ3v) is 5.85. The van der Waals surface area contributed by atoms with Crippen LogP contribution in [0, 0.1) is 10.8 Å². The van der Waals surface area contributed by atoms with E-state index in [1.165, 1.54) is 0 Å². The number of alkyl halides is 12. The van der Waals surface area contributed by atoms with Crippen molar-refractivity contribution in [2.45, 2.75) is 36.9 Å². The Morgan fingerprint density at radius 2 is 0.842 bits per heavy atom. The number of rotatable bonds is 4. The second kappa shape index (κ2) is 9.08. The van der Waals surface area contributed by atoms with Crippen LogP contribution >= 0.6 is 0 Å². The van der Waals surface area contributed by atoms with Gasteiger partial charge in [-0.05, 0) is 48.6 Å². The molecular formula is C22H16F12N2O2. The van der Waals surface area contributed by atoms with Gasteiger partial charge in [-0.2, -0.15) is 52.7 Å². The van der Waals surface area contributed by atoms with Gasteiger partial charge >= 0.3 is 24.7 Å². The Hall–Kier alpha value is -3.46. The molecule has 1 aromatic rings. The Balaban J connectivity index is 2.10. The quantitative estimate of drug-likeness (QED) is 0.423. The van der Waals surface area contributed by atoms with Gasteiger partial charge in [0.2, 0.25) is 10.8 Å². The molecule has 0 aromatic heterocycles. The number of benzene rings is 1. The molecule has 2 unspecified atom stereocenters. The molecular weight excluding hydrogens is 552 g/mol. The van der Waals surface area contributed by atoms with Crippen molar-refractivity contribution in [2.75, 3.05) is 0 Å². The molecule has 4 nitrogen and oxygen atoms in total. The second-order valence-corrected chi connectivity index (χ2v) is 8.26. The highest BCUT2D eigenvalue weighted by atomic mass is 19.4. The number of ether oxygens (including phenoxy) is 2. The molecule has 3 rings (SSSR count). The van der Waals surface area contributed by atoms with E-state index in [2.05, 4.69) is 0 Å². The largest absolute Gasteiger partial charge is 0.481 e. The lowest BCUT2D eigenvalue weighted by Gasteiger charge is -2.42. The summed E-state index contributed by atoms with van der Waals surface area (Å²) in [5.41, 5.74) is -0.871. The molecule has 2 atom stereocenters. The molecule has 0 spiro atoms. The molecule has 2 aliphatic carbocycles. The van der Waals surface area contributed by atoms with Crippen LogP contribution in [0.25, 0.3) is 0 Å². The molecule has 210 valence electrons. The van der Waals surface area contributed by atoms with E-state index in [0.717, 1.165) is 12.1 Å². The lowest BCUT2D eigenvalue weighted by atomic mass is 9.76. The number of halogens is 12. The van der Waals surface area contributed by atoms with Crippen LogP contribution < -0.4 is 20.9 Å². The molecule has 0 saturated heterocycles. The fraction of sp³-hybridized carbons (Fsp3) is 0.364. The molecule has 38 heavy (non-hydrogen) atoms. The van der Waals surface area contributed by atoms with Gasteiger partial charge < -0.3 is 20.9 Å². The number of nitrogens with two attached hydrogens (primary N) is 2. The van der Waals surface area contributed by atoms with Gasteiger partial charge in [-0.3, -0.25) is 0 Å². The van der Waals surface area contributed by atoms with Crippen molar-refractivity contribution in [1.29, 1.82) is 0 Å². The summed E-state index contributed by atoms with van der Waals surface area (Å²) in [4.78, 5) is 0. The maximum atomic E-state index is 13.8. The number of hydrogen-bond donors (Lipinski definition) is 2. The Kier molecular flexibility index (Phi) is 6.95. The van der Waals surface area contributed by atoms with Crippen LogP contribution in [0.3, 0.4) is 0 Å².